The predicted octanol–water partition coefficient (Wildman–Crippen LogP) is 8.36. The number of unbranched alkanes of at least 4 members (excludes halogenated alkanes) is 17. The zero-order valence-electron chi connectivity index (χ0n) is 21.2. The van der Waals surface area contributed by atoms with Gasteiger partial charge in [-0.15, -0.1) is 0 Å². The topological polar surface area (TPSA) is 66.8 Å². The molecule has 0 heterocycles. The first-order valence-corrected chi connectivity index (χ1v) is 13.7. The van der Waals surface area contributed by atoms with Crippen LogP contribution >= 0.6 is 0 Å². The first-order valence-electron chi connectivity index (χ1n) is 13.7. The number of carbonyl (C=O) groups is 1. The van der Waals surface area contributed by atoms with Crippen molar-refractivity contribution in [3.05, 3.63) is 35.9 Å². The molecule has 0 bridgehead atoms. The van der Waals surface area contributed by atoms with Crippen LogP contribution < -0.4 is 0 Å². The highest BCUT2D eigenvalue weighted by atomic mass is 16.6. The van der Waals surface area contributed by atoms with E-state index in [1.807, 2.05) is 18.2 Å². The molecule has 0 fully saturated rings. The van der Waals surface area contributed by atoms with Gasteiger partial charge in [0.2, 0.25) is 0 Å². The second-order valence-corrected chi connectivity index (χ2v) is 9.53. The number of ether oxygens (including phenoxy) is 1. The molecule has 1 unspecified atom stereocenters. The molecule has 0 aliphatic heterocycles. The van der Waals surface area contributed by atoms with Gasteiger partial charge in [-0.2, -0.15) is 0 Å². The van der Waals surface area contributed by atoms with E-state index in [1.165, 1.54) is 96.3 Å². The SMILES string of the molecule is CCCCCCCCCCCCCCCCCCCCC(OCO)(C(=O)O)c1ccccc1. The van der Waals surface area contributed by atoms with Crippen LogP contribution in [0.1, 0.15) is 134 Å². The predicted molar refractivity (Wildman–Crippen MR) is 137 cm³/mol. The summed E-state index contributed by atoms with van der Waals surface area (Å²) in [5.74, 6) is -1.03. The van der Waals surface area contributed by atoms with Gasteiger partial charge in [0.1, 0.15) is 6.79 Å². The lowest BCUT2D eigenvalue weighted by atomic mass is 9.87. The van der Waals surface area contributed by atoms with Gasteiger partial charge in [0, 0.05) is 0 Å². The maximum atomic E-state index is 12.0. The Bertz CT molecular complexity index is 574. The zero-order valence-corrected chi connectivity index (χ0v) is 21.2. The van der Waals surface area contributed by atoms with Crippen LogP contribution in [0.5, 0.6) is 0 Å². The Hall–Kier alpha value is -1.39. The van der Waals surface area contributed by atoms with E-state index in [4.69, 9.17) is 4.74 Å². The molecule has 0 radical (unpaired) electrons. The molecule has 4 heteroatoms. The molecule has 1 rings (SSSR count). The van der Waals surface area contributed by atoms with Crippen LogP contribution in [0.2, 0.25) is 0 Å². The van der Waals surface area contributed by atoms with Crippen molar-refractivity contribution in [2.75, 3.05) is 6.79 Å². The number of carboxylic acids is 1. The Kier molecular flexibility index (Phi) is 18.0. The van der Waals surface area contributed by atoms with Crippen molar-refractivity contribution in [2.24, 2.45) is 0 Å². The summed E-state index contributed by atoms with van der Waals surface area (Å²) in [6.45, 7) is 1.68. The van der Waals surface area contributed by atoms with Gasteiger partial charge >= 0.3 is 5.97 Å². The summed E-state index contributed by atoms with van der Waals surface area (Å²) in [7, 11) is 0. The molecular formula is C29H50O4. The van der Waals surface area contributed by atoms with Crippen LogP contribution in [-0.2, 0) is 15.1 Å². The Morgan fingerprint density at radius 2 is 1.09 bits per heavy atom. The minimum Gasteiger partial charge on any atom is -0.479 e. The number of hydrogen-bond donors (Lipinski definition) is 2. The molecule has 4 nitrogen and oxygen atoms in total. The molecule has 0 aliphatic rings. The van der Waals surface area contributed by atoms with Gasteiger partial charge in [0.15, 0.2) is 5.60 Å². The standard InChI is InChI=1S/C29H50O4/c1-2-3-4-5-6-7-8-9-10-11-12-13-14-15-16-17-18-22-25-29(28(31)32,33-26-30)27-23-20-19-21-24-27/h19-21,23-24,30H,2-18,22,25-26H2,1H3,(H,31,32). The third-order valence-electron chi connectivity index (χ3n) is 6.78. The van der Waals surface area contributed by atoms with Gasteiger partial charge < -0.3 is 14.9 Å². The fourth-order valence-corrected chi connectivity index (χ4v) is 4.69. The summed E-state index contributed by atoms with van der Waals surface area (Å²) in [4.78, 5) is 12.0. The normalized spacial score (nSPS) is 13.2. The number of benzene rings is 1. The fourth-order valence-electron chi connectivity index (χ4n) is 4.69. The molecule has 0 amide bonds. The Labute approximate surface area is 203 Å². The molecule has 0 aromatic heterocycles. The maximum Gasteiger partial charge on any atom is 0.340 e. The molecule has 2 N–H and O–H groups in total. The first kappa shape index (κ1) is 29.6. The number of hydrogen-bond acceptors (Lipinski definition) is 3. The first-order chi connectivity index (χ1) is 16.2. The van der Waals surface area contributed by atoms with Crippen molar-refractivity contribution in [1.29, 1.82) is 0 Å². The molecule has 190 valence electrons. The molecule has 1 aromatic carbocycles. The highest BCUT2D eigenvalue weighted by Gasteiger charge is 2.41. The van der Waals surface area contributed by atoms with E-state index in [0.717, 1.165) is 19.3 Å². The van der Waals surface area contributed by atoms with E-state index in [2.05, 4.69) is 6.92 Å². The van der Waals surface area contributed by atoms with Gasteiger partial charge in [0.05, 0.1) is 0 Å². The van der Waals surface area contributed by atoms with Crippen molar-refractivity contribution in [1.82, 2.24) is 0 Å². The fraction of sp³-hybridized carbons (Fsp3) is 0.759. The van der Waals surface area contributed by atoms with Crippen LogP contribution in [0.15, 0.2) is 30.3 Å². The lowest BCUT2D eigenvalue weighted by molar-refractivity contribution is -0.183. The van der Waals surface area contributed by atoms with Crippen LogP contribution in [0, 0.1) is 0 Å². The molecule has 0 saturated heterocycles. The average Bonchev–Trinajstić information content (AvgIpc) is 2.83. The summed E-state index contributed by atoms with van der Waals surface area (Å²) in [6, 6.07) is 9.00. The summed E-state index contributed by atoms with van der Waals surface area (Å²) in [5, 5.41) is 19.1. The Balaban J connectivity index is 2.02. The van der Waals surface area contributed by atoms with Crippen LogP contribution in [0.3, 0.4) is 0 Å². The molecule has 1 atom stereocenters. The lowest BCUT2D eigenvalue weighted by Crippen LogP contribution is -2.39. The number of aliphatic hydroxyl groups excluding tert-OH is 1. The Morgan fingerprint density at radius 1 is 0.697 bits per heavy atom. The van der Waals surface area contributed by atoms with Crippen molar-refractivity contribution in [3.8, 4) is 0 Å². The quantitative estimate of drug-likeness (QED) is 0.127. The maximum absolute atomic E-state index is 12.0. The average molecular weight is 463 g/mol. The highest BCUT2D eigenvalue weighted by Crippen LogP contribution is 2.32. The molecule has 0 saturated carbocycles. The van der Waals surface area contributed by atoms with Gasteiger partial charge in [0.25, 0.3) is 0 Å². The van der Waals surface area contributed by atoms with E-state index in [-0.39, 0.29) is 0 Å². The summed E-state index contributed by atoms with van der Waals surface area (Å²) < 4.78 is 5.37. The number of aliphatic carboxylic acids is 1. The highest BCUT2D eigenvalue weighted by molar-refractivity contribution is 5.79. The van der Waals surface area contributed by atoms with Crippen molar-refractivity contribution in [3.63, 3.8) is 0 Å². The molecule has 0 aliphatic carbocycles. The van der Waals surface area contributed by atoms with E-state index in [1.54, 1.807) is 12.1 Å². The molecule has 1 aromatic rings. The number of carboxylic acid groups (broad SMARTS) is 1. The van der Waals surface area contributed by atoms with Crippen molar-refractivity contribution >= 4 is 5.97 Å². The third kappa shape index (κ3) is 13.2. The van der Waals surface area contributed by atoms with Gasteiger partial charge in [-0.1, -0.05) is 146 Å². The van der Waals surface area contributed by atoms with Gasteiger partial charge in [-0.3, -0.25) is 0 Å². The second-order valence-electron chi connectivity index (χ2n) is 9.53. The second kappa shape index (κ2) is 20.0. The summed E-state index contributed by atoms with van der Waals surface area (Å²) in [5.41, 5.74) is -0.857. The minimum atomic E-state index is -1.45. The van der Waals surface area contributed by atoms with E-state index in [0.29, 0.717) is 12.0 Å². The van der Waals surface area contributed by atoms with Crippen molar-refractivity contribution in [2.45, 2.75) is 135 Å². The molecule has 0 spiro atoms. The molecular weight excluding hydrogens is 412 g/mol. The zero-order chi connectivity index (χ0) is 24.0. The summed E-state index contributed by atoms with van der Waals surface area (Å²) in [6.07, 6.45) is 23.9. The van der Waals surface area contributed by atoms with Crippen LogP contribution in [-0.4, -0.2) is 23.0 Å². The smallest absolute Gasteiger partial charge is 0.340 e. The monoisotopic (exact) mass is 462 g/mol. The lowest BCUT2D eigenvalue weighted by Gasteiger charge is -2.29. The number of rotatable bonds is 23. The van der Waals surface area contributed by atoms with E-state index >= 15 is 0 Å². The third-order valence-corrected chi connectivity index (χ3v) is 6.78. The van der Waals surface area contributed by atoms with Crippen LogP contribution in [0.4, 0.5) is 0 Å². The largest absolute Gasteiger partial charge is 0.479 e. The van der Waals surface area contributed by atoms with E-state index in [9.17, 15) is 15.0 Å². The minimum absolute atomic E-state index is 0.381. The number of aliphatic hydroxyl groups is 1. The Morgan fingerprint density at radius 3 is 1.45 bits per heavy atom. The van der Waals surface area contributed by atoms with Gasteiger partial charge in [-0.25, -0.2) is 4.79 Å². The van der Waals surface area contributed by atoms with Crippen molar-refractivity contribution < 1.29 is 19.7 Å². The van der Waals surface area contributed by atoms with Gasteiger partial charge in [-0.05, 0) is 18.4 Å². The van der Waals surface area contributed by atoms with E-state index < -0.39 is 18.4 Å². The summed E-state index contributed by atoms with van der Waals surface area (Å²) >= 11 is 0. The van der Waals surface area contributed by atoms with Crippen LogP contribution in [0.25, 0.3) is 0 Å². The molecule has 33 heavy (non-hydrogen) atoms.